The first-order chi connectivity index (χ1) is 5.77. The summed E-state index contributed by atoms with van der Waals surface area (Å²) in [7, 11) is 2.12. The third-order valence-corrected chi connectivity index (χ3v) is 3.07. The van der Waals surface area contributed by atoms with Crippen molar-refractivity contribution in [1.82, 2.24) is 15.3 Å². The molecule has 0 radical (unpaired) electrons. The van der Waals surface area contributed by atoms with Crippen LogP contribution < -0.4 is 5.43 Å². The summed E-state index contributed by atoms with van der Waals surface area (Å²) in [5.74, 6) is 0. The Morgan fingerprint density at radius 3 is 2.42 bits per heavy atom. The number of hydrogen-bond donors (Lipinski definition) is 1. The van der Waals surface area contributed by atoms with Crippen molar-refractivity contribution < 1.29 is 0 Å². The van der Waals surface area contributed by atoms with Gasteiger partial charge in [0.2, 0.25) is 0 Å². The molecule has 1 N–H and O–H groups in total. The average molecular weight is 169 g/mol. The van der Waals surface area contributed by atoms with Crippen LogP contribution in [0.2, 0.25) is 0 Å². The van der Waals surface area contributed by atoms with Crippen LogP contribution in [0.3, 0.4) is 0 Å². The van der Waals surface area contributed by atoms with Crippen molar-refractivity contribution in [3.05, 3.63) is 0 Å². The molecule has 1 saturated carbocycles. The predicted octanol–water partition coefficient (Wildman–Crippen LogP) is 0.984. The maximum Gasteiger partial charge on any atom is 0.0716 e. The van der Waals surface area contributed by atoms with E-state index in [4.69, 9.17) is 0 Å². The first-order valence-electron chi connectivity index (χ1n) is 5.00. The molecule has 12 heavy (non-hydrogen) atoms. The Balaban J connectivity index is 1.94. The summed E-state index contributed by atoms with van der Waals surface area (Å²) >= 11 is 0. The lowest BCUT2D eigenvalue weighted by Crippen LogP contribution is -2.39. The Bertz CT molecular complexity index is 154. The summed E-state index contributed by atoms with van der Waals surface area (Å²) in [5, 5.41) is 2.18. The molecule has 1 aliphatic heterocycles. The highest BCUT2D eigenvalue weighted by Crippen LogP contribution is 2.26. The van der Waals surface area contributed by atoms with Gasteiger partial charge in [-0.1, -0.05) is 12.8 Å². The van der Waals surface area contributed by atoms with Crippen LogP contribution in [0.5, 0.6) is 0 Å². The number of hydrogen-bond acceptors (Lipinski definition) is 3. The number of nitrogens with zero attached hydrogens (tertiary/aromatic N) is 2. The van der Waals surface area contributed by atoms with Gasteiger partial charge in [0.25, 0.3) is 0 Å². The van der Waals surface area contributed by atoms with Gasteiger partial charge in [-0.3, -0.25) is 4.90 Å². The molecule has 3 heteroatoms. The summed E-state index contributed by atoms with van der Waals surface area (Å²) in [4.78, 5) is 2.58. The number of rotatable bonds is 1. The van der Waals surface area contributed by atoms with Gasteiger partial charge < -0.3 is 0 Å². The summed E-state index contributed by atoms with van der Waals surface area (Å²) in [6.07, 6.45) is 6.20. The van der Waals surface area contributed by atoms with Crippen LogP contribution in [-0.2, 0) is 0 Å². The van der Waals surface area contributed by atoms with Crippen molar-refractivity contribution in [3.8, 4) is 0 Å². The van der Waals surface area contributed by atoms with Crippen LogP contribution >= 0.6 is 0 Å². The minimum Gasteiger partial charge on any atom is -0.270 e. The second-order valence-corrected chi connectivity index (χ2v) is 4.10. The van der Waals surface area contributed by atoms with Crippen molar-refractivity contribution in [2.24, 2.45) is 0 Å². The average Bonchev–Trinajstić information content (AvgIpc) is 2.58. The molecule has 0 aromatic rings. The van der Waals surface area contributed by atoms with E-state index in [2.05, 4.69) is 29.3 Å². The fraction of sp³-hybridized carbons (Fsp3) is 1.00. The van der Waals surface area contributed by atoms with Gasteiger partial charge in [-0.2, -0.15) is 0 Å². The van der Waals surface area contributed by atoms with Crippen LogP contribution in [0.1, 0.15) is 32.6 Å². The van der Waals surface area contributed by atoms with E-state index >= 15 is 0 Å². The minimum atomic E-state index is 0.540. The first-order valence-corrected chi connectivity index (χ1v) is 5.00. The fourth-order valence-corrected chi connectivity index (χ4v) is 2.47. The highest BCUT2D eigenvalue weighted by atomic mass is 15.7. The van der Waals surface area contributed by atoms with Gasteiger partial charge in [0.1, 0.15) is 0 Å². The lowest BCUT2D eigenvalue weighted by Gasteiger charge is -2.25. The molecule has 1 aliphatic carbocycles. The van der Waals surface area contributed by atoms with E-state index in [0.29, 0.717) is 6.17 Å². The highest BCUT2D eigenvalue weighted by Gasteiger charge is 2.31. The van der Waals surface area contributed by atoms with Gasteiger partial charge in [-0.25, -0.2) is 10.4 Å². The lowest BCUT2D eigenvalue weighted by atomic mass is 10.2. The van der Waals surface area contributed by atoms with E-state index in [1.54, 1.807) is 0 Å². The van der Waals surface area contributed by atoms with Crippen LogP contribution in [-0.4, -0.2) is 35.8 Å². The predicted molar refractivity (Wildman–Crippen MR) is 49.3 cm³/mol. The Morgan fingerprint density at radius 2 is 1.92 bits per heavy atom. The lowest BCUT2D eigenvalue weighted by molar-refractivity contribution is 0.175. The van der Waals surface area contributed by atoms with Crippen LogP contribution in [0.25, 0.3) is 0 Å². The topological polar surface area (TPSA) is 18.5 Å². The maximum atomic E-state index is 3.40. The summed E-state index contributed by atoms with van der Waals surface area (Å²) < 4.78 is 0. The molecular weight excluding hydrogens is 150 g/mol. The quantitative estimate of drug-likeness (QED) is 0.631. The van der Waals surface area contributed by atoms with Gasteiger partial charge in [0.15, 0.2) is 0 Å². The maximum absolute atomic E-state index is 3.40. The van der Waals surface area contributed by atoms with E-state index < -0.39 is 0 Å². The van der Waals surface area contributed by atoms with E-state index in [-0.39, 0.29) is 0 Å². The Kier molecular flexibility index (Phi) is 2.35. The molecule has 1 heterocycles. The molecule has 1 unspecified atom stereocenters. The van der Waals surface area contributed by atoms with Gasteiger partial charge >= 0.3 is 0 Å². The largest absolute Gasteiger partial charge is 0.270 e. The standard InChI is InChI=1S/C9H19N3/c1-8-10-11(2)7-12(8)9-5-3-4-6-9/h8-10H,3-7H2,1-2H3. The highest BCUT2D eigenvalue weighted by molar-refractivity contribution is 4.82. The van der Waals surface area contributed by atoms with E-state index in [1.807, 2.05) is 0 Å². The monoisotopic (exact) mass is 169 g/mol. The summed E-state index contributed by atoms with van der Waals surface area (Å²) in [5.41, 5.74) is 3.40. The van der Waals surface area contributed by atoms with Crippen molar-refractivity contribution in [1.29, 1.82) is 0 Å². The van der Waals surface area contributed by atoms with Gasteiger partial charge in [-0.05, 0) is 19.8 Å². The van der Waals surface area contributed by atoms with Crippen molar-refractivity contribution >= 4 is 0 Å². The zero-order valence-corrected chi connectivity index (χ0v) is 8.08. The molecule has 0 aromatic heterocycles. The molecule has 1 atom stereocenters. The molecule has 2 fully saturated rings. The van der Waals surface area contributed by atoms with Gasteiger partial charge in [-0.15, -0.1) is 0 Å². The number of hydrazine groups is 1. The second-order valence-electron chi connectivity index (χ2n) is 4.10. The molecule has 3 nitrogen and oxygen atoms in total. The van der Waals surface area contributed by atoms with Crippen molar-refractivity contribution in [2.45, 2.75) is 44.8 Å². The second kappa shape index (κ2) is 3.32. The van der Waals surface area contributed by atoms with Crippen LogP contribution in [0.4, 0.5) is 0 Å². The Labute approximate surface area is 74.7 Å². The third kappa shape index (κ3) is 1.49. The molecular formula is C9H19N3. The van der Waals surface area contributed by atoms with Crippen LogP contribution in [0.15, 0.2) is 0 Å². The molecule has 0 amide bonds. The third-order valence-electron chi connectivity index (χ3n) is 3.07. The Morgan fingerprint density at radius 1 is 1.25 bits per heavy atom. The van der Waals surface area contributed by atoms with E-state index in [9.17, 15) is 0 Å². The molecule has 1 saturated heterocycles. The summed E-state index contributed by atoms with van der Waals surface area (Å²) in [6.45, 7) is 3.34. The first kappa shape index (κ1) is 8.48. The SMILES string of the molecule is CC1NN(C)CN1C1CCCC1. The molecule has 0 bridgehead atoms. The van der Waals surface area contributed by atoms with Gasteiger partial charge in [0.05, 0.1) is 12.8 Å². The van der Waals surface area contributed by atoms with E-state index in [0.717, 1.165) is 12.7 Å². The number of nitrogens with one attached hydrogen (secondary N) is 1. The smallest absolute Gasteiger partial charge is 0.0716 e. The molecule has 0 spiro atoms. The molecule has 0 aromatic carbocycles. The molecule has 2 aliphatic rings. The fourth-order valence-electron chi connectivity index (χ4n) is 2.47. The zero-order chi connectivity index (χ0) is 8.55. The Hall–Kier alpha value is -0.120. The molecule has 2 rings (SSSR count). The summed E-state index contributed by atoms with van der Waals surface area (Å²) in [6, 6.07) is 0.845. The van der Waals surface area contributed by atoms with E-state index in [1.165, 1.54) is 25.7 Å². The normalized spacial score (nSPS) is 35.0. The van der Waals surface area contributed by atoms with Crippen molar-refractivity contribution in [3.63, 3.8) is 0 Å². The van der Waals surface area contributed by atoms with Crippen LogP contribution in [0, 0.1) is 0 Å². The van der Waals surface area contributed by atoms with Gasteiger partial charge in [0, 0.05) is 13.1 Å². The van der Waals surface area contributed by atoms with Crippen molar-refractivity contribution in [2.75, 3.05) is 13.7 Å². The molecule has 70 valence electrons. The zero-order valence-electron chi connectivity index (χ0n) is 8.08. The minimum absolute atomic E-state index is 0.540.